The highest BCUT2D eigenvalue weighted by Crippen LogP contribution is 2.38. The summed E-state index contributed by atoms with van der Waals surface area (Å²) in [5.41, 5.74) is 1.41. The molecule has 4 nitrogen and oxygen atoms in total. The van der Waals surface area contributed by atoms with E-state index in [1.165, 1.54) is 12.8 Å². The lowest BCUT2D eigenvalue weighted by Gasteiger charge is -2.45. The van der Waals surface area contributed by atoms with Crippen LogP contribution in [0.3, 0.4) is 0 Å². The quantitative estimate of drug-likeness (QED) is 0.911. The molecule has 0 aromatic carbocycles. The summed E-state index contributed by atoms with van der Waals surface area (Å²) in [6, 6.07) is 0. The Morgan fingerprint density at radius 3 is 2.80 bits per heavy atom. The fourth-order valence-electron chi connectivity index (χ4n) is 3.29. The molecule has 1 amide bonds. The summed E-state index contributed by atoms with van der Waals surface area (Å²) in [4.78, 5) is 18.6. The zero-order chi connectivity index (χ0) is 13.3. The van der Waals surface area contributed by atoms with Gasteiger partial charge in [-0.05, 0) is 44.7 Å². The maximum Gasteiger partial charge on any atom is 0.222 e. The van der Waals surface area contributed by atoms with Crippen LogP contribution in [0.25, 0.3) is 0 Å². The number of carbonyl (C=O) groups is 1. The SMILES string of the molecule is Cc1nc(CN2CC3(CCNCC3)CCC2=O)cs1.Cl. The smallest absolute Gasteiger partial charge is 0.222 e. The van der Waals surface area contributed by atoms with Gasteiger partial charge in [-0.1, -0.05) is 0 Å². The molecular formula is C14H22ClN3OS. The Labute approximate surface area is 130 Å². The van der Waals surface area contributed by atoms with E-state index >= 15 is 0 Å². The average Bonchev–Trinajstić information content (AvgIpc) is 2.81. The van der Waals surface area contributed by atoms with Gasteiger partial charge in [-0.2, -0.15) is 0 Å². The lowest BCUT2D eigenvalue weighted by molar-refractivity contribution is -0.139. The number of likely N-dealkylation sites (tertiary alicyclic amines) is 1. The number of thiazole rings is 1. The first-order valence-corrected chi connectivity index (χ1v) is 7.94. The van der Waals surface area contributed by atoms with Gasteiger partial charge < -0.3 is 10.2 Å². The number of halogens is 1. The number of nitrogens with zero attached hydrogens (tertiary/aromatic N) is 2. The molecule has 0 unspecified atom stereocenters. The Morgan fingerprint density at radius 2 is 2.15 bits per heavy atom. The Kier molecular flexibility index (Phi) is 5.04. The van der Waals surface area contributed by atoms with Gasteiger partial charge in [0.2, 0.25) is 5.91 Å². The third kappa shape index (κ3) is 3.32. The van der Waals surface area contributed by atoms with E-state index in [1.807, 2.05) is 11.8 Å². The fraction of sp³-hybridized carbons (Fsp3) is 0.714. The van der Waals surface area contributed by atoms with Crippen LogP contribution in [0.4, 0.5) is 0 Å². The van der Waals surface area contributed by atoms with Crippen molar-refractivity contribution in [2.45, 2.75) is 39.2 Å². The molecule has 112 valence electrons. The number of piperidine rings is 2. The number of hydrogen-bond donors (Lipinski definition) is 1. The standard InChI is InChI=1S/C14H21N3OS.ClH/c1-11-16-12(9-19-11)8-17-10-14(3-2-13(17)18)4-6-15-7-5-14;/h9,15H,2-8,10H2,1H3;1H. The van der Waals surface area contributed by atoms with E-state index in [0.29, 0.717) is 24.3 Å². The van der Waals surface area contributed by atoms with Crippen LogP contribution in [0.1, 0.15) is 36.4 Å². The number of aromatic nitrogens is 1. The molecule has 0 radical (unpaired) electrons. The highest BCUT2D eigenvalue weighted by molar-refractivity contribution is 7.09. The third-order valence-corrected chi connectivity index (χ3v) is 5.25. The molecule has 0 atom stereocenters. The molecule has 20 heavy (non-hydrogen) atoms. The first-order valence-electron chi connectivity index (χ1n) is 7.06. The van der Waals surface area contributed by atoms with Gasteiger partial charge >= 0.3 is 0 Å². The Hall–Kier alpha value is -0.650. The third-order valence-electron chi connectivity index (χ3n) is 4.43. The Morgan fingerprint density at radius 1 is 1.40 bits per heavy atom. The van der Waals surface area contributed by atoms with E-state index in [2.05, 4.69) is 15.7 Å². The molecule has 3 rings (SSSR count). The lowest BCUT2D eigenvalue weighted by Crippen LogP contribution is -2.50. The first-order chi connectivity index (χ1) is 9.17. The molecular weight excluding hydrogens is 294 g/mol. The van der Waals surface area contributed by atoms with Crippen molar-refractivity contribution in [3.63, 3.8) is 0 Å². The zero-order valence-electron chi connectivity index (χ0n) is 11.9. The van der Waals surface area contributed by atoms with E-state index in [-0.39, 0.29) is 12.4 Å². The number of hydrogen-bond acceptors (Lipinski definition) is 4. The second kappa shape index (κ2) is 6.41. The van der Waals surface area contributed by atoms with Crippen molar-refractivity contribution in [3.8, 4) is 0 Å². The summed E-state index contributed by atoms with van der Waals surface area (Å²) in [6.07, 6.45) is 4.18. The van der Waals surface area contributed by atoms with E-state index < -0.39 is 0 Å². The Bertz CT molecular complexity index is 471. The lowest BCUT2D eigenvalue weighted by atomic mass is 9.73. The van der Waals surface area contributed by atoms with Crippen molar-refractivity contribution >= 4 is 29.7 Å². The molecule has 1 N–H and O–H groups in total. The Balaban J connectivity index is 0.00000147. The van der Waals surface area contributed by atoms with Gasteiger partial charge in [0, 0.05) is 18.3 Å². The molecule has 1 aromatic heterocycles. The molecule has 1 spiro atoms. The van der Waals surface area contributed by atoms with Gasteiger partial charge in [-0.3, -0.25) is 4.79 Å². The minimum atomic E-state index is 0. The molecule has 0 saturated carbocycles. The summed E-state index contributed by atoms with van der Waals surface area (Å²) in [6.45, 7) is 5.82. The second-order valence-electron chi connectivity index (χ2n) is 5.86. The number of amides is 1. The normalized spacial score (nSPS) is 21.9. The monoisotopic (exact) mass is 315 g/mol. The first kappa shape index (κ1) is 15.7. The zero-order valence-corrected chi connectivity index (χ0v) is 13.5. The van der Waals surface area contributed by atoms with Crippen LogP contribution in [0, 0.1) is 12.3 Å². The maximum atomic E-state index is 12.1. The van der Waals surface area contributed by atoms with Crippen LogP contribution < -0.4 is 5.32 Å². The van der Waals surface area contributed by atoms with Gasteiger partial charge in [0.25, 0.3) is 0 Å². The van der Waals surface area contributed by atoms with E-state index in [4.69, 9.17) is 0 Å². The predicted molar refractivity (Wildman–Crippen MR) is 83.3 cm³/mol. The van der Waals surface area contributed by atoms with Gasteiger partial charge in [-0.25, -0.2) is 4.98 Å². The van der Waals surface area contributed by atoms with Crippen molar-refractivity contribution in [1.82, 2.24) is 15.2 Å². The summed E-state index contributed by atoms with van der Waals surface area (Å²) >= 11 is 1.66. The van der Waals surface area contributed by atoms with Gasteiger partial charge in [0.05, 0.1) is 17.2 Å². The van der Waals surface area contributed by atoms with Crippen LogP contribution in [-0.2, 0) is 11.3 Å². The van der Waals surface area contributed by atoms with Gasteiger partial charge in [0.15, 0.2) is 0 Å². The number of nitrogens with one attached hydrogen (secondary N) is 1. The van der Waals surface area contributed by atoms with E-state index in [9.17, 15) is 4.79 Å². The average molecular weight is 316 g/mol. The topological polar surface area (TPSA) is 45.2 Å². The van der Waals surface area contributed by atoms with Crippen molar-refractivity contribution in [2.24, 2.45) is 5.41 Å². The largest absolute Gasteiger partial charge is 0.336 e. The minimum absolute atomic E-state index is 0. The highest BCUT2D eigenvalue weighted by Gasteiger charge is 2.39. The minimum Gasteiger partial charge on any atom is -0.336 e. The summed E-state index contributed by atoms with van der Waals surface area (Å²) in [5, 5.41) is 6.58. The number of aryl methyl sites for hydroxylation is 1. The molecule has 0 aliphatic carbocycles. The van der Waals surface area contributed by atoms with Gasteiger partial charge in [0.1, 0.15) is 0 Å². The molecule has 2 aliphatic rings. The molecule has 6 heteroatoms. The fourth-order valence-corrected chi connectivity index (χ4v) is 3.89. The van der Waals surface area contributed by atoms with Crippen LogP contribution in [0.15, 0.2) is 5.38 Å². The number of carbonyl (C=O) groups excluding carboxylic acids is 1. The number of rotatable bonds is 2. The van der Waals surface area contributed by atoms with Crippen molar-refractivity contribution in [1.29, 1.82) is 0 Å². The van der Waals surface area contributed by atoms with Crippen molar-refractivity contribution in [3.05, 3.63) is 16.1 Å². The van der Waals surface area contributed by atoms with Crippen LogP contribution in [0.2, 0.25) is 0 Å². The van der Waals surface area contributed by atoms with Crippen LogP contribution in [0.5, 0.6) is 0 Å². The molecule has 0 bridgehead atoms. The molecule has 1 aromatic rings. The maximum absolute atomic E-state index is 12.1. The van der Waals surface area contributed by atoms with Crippen molar-refractivity contribution in [2.75, 3.05) is 19.6 Å². The van der Waals surface area contributed by atoms with Crippen molar-refractivity contribution < 1.29 is 4.79 Å². The second-order valence-corrected chi connectivity index (χ2v) is 6.92. The van der Waals surface area contributed by atoms with Gasteiger partial charge in [-0.15, -0.1) is 23.7 Å². The summed E-state index contributed by atoms with van der Waals surface area (Å²) in [7, 11) is 0. The predicted octanol–water partition coefficient (Wildman–Crippen LogP) is 2.37. The molecule has 2 aliphatic heterocycles. The van der Waals surface area contributed by atoms with Crippen LogP contribution >= 0.6 is 23.7 Å². The summed E-state index contributed by atoms with van der Waals surface area (Å²) < 4.78 is 0. The molecule has 2 saturated heterocycles. The van der Waals surface area contributed by atoms with Crippen LogP contribution in [-0.4, -0.2) is 35.4 Å². The van der Waals surface area contributed by atoms with E-state index in [1.54, 1.807) is 11.3 Å². The molecule has 2 fully saturated rings. The molecule has 3 heterocycles. The highest BCUT2D eigenvalue weighted by atomic mass is 35.5. The summed E-state index contributed by atoms with van der Waals surface area (Å²) in [5.74, 6) is 0.301. The van der Waals surface area contributed by atoms with E-state index in [0.717, 1.165) is 36.8 Å².